The Bertz CT molecular complexity index is 4190. The second-order valence-corrected chi connectivity index (χ2v) is 19.8. The van der Waals surface area contributed by atoms with Crippen LogP contribution in [0.25, 0.3) is 0 Å². The van der Waals surface area contributed by atoms with E-state index in [9.17, 15) is 5.48 Å². The Morgan fingerprint density at radius 3 is 1.01 bits per heavy atom. The van der Waals surface area contributed by atoms with Crippen molar-refractivity contribution in [2.45, 2.75) is 0 Å². The maximum atomic E-state index is 11.1. The largest absolute Gasteiger partial charge is 0.459 e. The molecule has 0 saturated carbocycles. The van der Waals surface area contributed by atoms with Gasteiger partial charge >= 0.3 is 0 Å². The molecule has 17 rings (SSSR count). The maximum absolute atomic E-state index is 11.1. The lowest BCUT2D eigenvalue weighted by Crippen LogP contribution is -2.66. The monoisotopic (exact) mass is 975 g/mol. The fourth-order valence-electron chi connectivity index (χ4n) is 12.8. The summed E-state index contributed by atoms with van der Waals surface area (Å²) in [6, 6.07) is 72.1. The SMILES string of the molecule is [2H]c1c2c3c(c4c1N(c1ccccc1)c1c([2H])c(N(c5ccccc5)c5ccccc5)c([2H])c5c1B4c1c4c6c(c([2H])c1N5c1ccccc1)Oc1ccccc1B6c1ccccc1O4)Oc1ccccc1B3c1ccccc1O2. The van der Waals surface area contributed by atoms with Gasteiger partial charge in [-0.25, -0.2) is 0 Å². The van der Waals surface area contributed by atoms with Crippen molar-refractivity contribution in [1.29, 1.82) is 0 Å². The molecular formula is C66H40B3N3O4. The molecule has 10 heteroatoms. The molecule has 11 aromatic carbocycles. The number of benzene rings is 11. The van der Waals surface area contributed by atoms with Crippen LogP contribution in [0, 0.1) is 0 Å². The first-order chi connectivity index (χ1) is 39.4. The molecule has 0 radical (unpaired) electrons. The summed E-state index contributed by atoms with van der Waals surface area (Å²) in [4.78, 5) is 6.05. The van der Waals surface area contributed by atoms with Gasteiger partial charge in [0.1, 0.15) is 46.0 Å². The van der Waals surface area contributed by atoms with Crippen LogP contribution in [-0.4, -0.2) is 20.1 Å². The van der Waals surface area contributed by atoms with Gasteiger partial charge in [0.2, 0.25) is 0 Å². The molecule has 6 aliphatic rings. The van der Waals surface area contributed by atoms with Crippen LogP contribution < -0.4 is 82.8 Å². The molecule has 0 amide bonds. The minimum atomic E-state index is -0.936. The summed E-state index contributed by atoms with van der Waals surface area (Å²) < 4.78 is 73.2. The van der Waals surface area contributed by atoms with Crippen LogP contribution in [0.5, 0.6) is 46.0 Å². The van der Waals surface area contributed by atoms with E-state index in [0.29, 0.717) is 113 Å². The van der Waals surface area contributed by atoms with Crippen molar-refractivity contribution in [3.8, 4) is 46.0 Å². The van der Waals surface area contributed by atoms with Gasteiger partial charge in [0.25, 0.3) is 20.1 Å². The molecule has 76 heavy (non-hydrogen) atoms. The molecule has 0 aromatic heterocycles. The number of hydrogen-bond acceptors (Lipinski definition) is 7. The minimum Gasteiger partial charge on any atom is -0.459 e. The number of fused-ring (bicyclic) bond motifs is 14. The zero-order valence-electron chi connectivity index (χ0n) is 44.5. The van der Waals surface area contributed by atoms with Crippen LogP contribution in [0.3, 0.4) is 0 Å². The van der Waals surface area contributed by atoms with Gasteiger partial charge in [0, 0.05) is 68.5 Å². The van der Waals surface area contributed by atoms with Crippen molar-refractivity contribution in [3.05, 3.63) is 243 Å². The third-order valence-electron chi connectivity index (χ3n) is 15.8. The second kappa shape index (κ2) is 15.9. The normalized spacial score (nSPS) is 14.6. The molecule has 11 aromatic rings. The average molecular weight is 976 g/mol. The third kappa shape index (κ3) is 5.81. The lowest BCUT2D eigenvalue weighted by molar-refractivity contribution is 0.466. The highest BCUT2D eigenvalue weighted by molar-refractivity contribution is 7.05. The summed E-state index contributed by atoms with van der Waals surface area (Å²) in [5.74, 6) is 4.33. The number of hydrogen-bond donors (Lipinski definition) is 0. The van der Waals surface area contributed by atoms with Gasteiger partial charge in [0.15, 0.2) is 0 Å². The highest BCUT2D eigenvalue weighted by Crippen LogP contribution is 2.52. The predicted octanol–water partition coefficient (Wildman–Crippen LogP) is 10.7. The number of nitrogens with zero attached hydrogens (tertiary/aromatic N) is 3. The first-order valence-corrected chi connectivity index (χ1v) is 25.7. The van der Waals surface area contributed by atoms with Gasteiger partial charge in [-0.15, -0.1) is 0 Å². The van der Waals surface area contributed by atoms with Crippen LogP contribution in [0.1, 0.15) is 5.48 Å². The minimum absolute atomic E-state index is 0.0534. The van der Waals surface area contributed by atoms with Crippen LogP contribution >= 0.6 is 0 Å². The maximum Gasteiger partial charge on any atom is 0.261 e. The molecule has 0 aliphatic carbocycles. The lowest BCUT2D eigenvalue weighted by Gasteiger charge is -2.47. The first kappa shape index (κ1) is 37.9. The average Bonchev–Trinajstić information content (AvgIpc) is 1.53. The van der Waals surface area contributed by atoms with Gasteiger partial charge in [-0.2, -0.15) is 0 Å². The lowest BCUT2D eigenvalue weighted by atomic mass is 9.29. The molecule has 0 atom stereocenters. The van der Waals surface area contributed by atoms with Crippen LogP contribution in [-0.2, 0) is 0 Å². The van der Waals surface area contributed by atoms with E-state index in [0.717, 1.165) is 33.2 Å². The van der Waals surface area contributed by atoms with Crippen molar-refractivity contribution in [2.75, 3.05) is 14.7 Å². The summed E-state index contributed by atoms with van der Waals surface area (Å²) in [6.45, 7) is -1.72. The van der Waals surface area contributed by atoms with E-state index in [1.807, 2.05) is 209 Å². The van der Waals surface area contributed by atoms with Crippen molar-refractivity contribution < 1.29 is 24.4 Å². The van der Waals surface area contributed by atoms with E-state index in [1.165, 1.54) is 0 Å². The Morgan fingerprint density at radius 1 is 0.289 bits per heavy atom. The van der Waals surface area contributed by atoms with E-state index in [1.54, 1.807) is 0 Å². The molecule has 0 spiro atoms. The van der Waals surface area contributed by atoms with E-state index in [-0.39, 0.29) is 24.2 Å². The molecule has 352 valence electrons. The molecule has 6 heterocycles. The van der Waals surface area contributed by atoms with Crippen LogP contribution in [0.4, 0.5) is 51.2 Å². The molecular weight excluding hydrogens is 931 g/mol. The van der Waals surface area contributed by atoms with Gasteiger partial charge in [-0.1, -0.05) is 146 Å². The number of anilines is 9. The van der Waals surface area contributed by atoms with Crippen LogP contribution in [0.2, 0.25) is 0 Å². The molecule has 0 N–H and O–H groups in total. The van der Waals surface area contributed by atoms with E-state index in [4.69, 9.17) is 18.9 Å². The summed E-state index contributed by atoms with van der Waals surface area (Å²) in [5.41, 5.74) is 12.0. The topological polar surface area (TPSA) is 46.6 Å². The van der Waals surface area contributed by atoms with Gasteiger partial charge < -0.3 is 33.6 Å². The smallest absolute Gasteiger partial charge is 0.261 e. The van der Waals surface area contributed by atoms with Crippen molar-refractivity contribution >= 4 is 120 Å². The van der Waals surface area contributed by atoms with Crippen LogP contribution in [0.15, 0.2) is 243 Å². The second-order valence-electron chi connectivity index (χ2n) is 19.8. The van der Waals surface area contributed by atoms with E-state index >= 15 is 0 Å². The number of rotatable bonds is 5. The molecule has 0 saturated heterocycles. The molecule has 0 unspecified atom stereocenters. The summed E-state index contributed by atoms with van der Waals surface area (Å²) >= 11 is 0. The van der Waals surface area contributed by atoms with Crippen molar-refractivity contribution in [3.63, 3.8) is 0 Å². The standard InChI is InChI=1S/C66H40B3N3O4/c1-5-21-41(22-6-1)70(42-23-7-2-8-24-42)45-37-50-60-51(38-45)72(44-27-11-4-12-28-44)53-40-59-64-66(76-57-36-20-16-32-49(57)68(64)47-30-14-18-34-55(47)74-59)62(53)69(60)61-52(71(50)43-25-9-3-10-26-43)39-58-63-65(61)75-56-35-19-15-31-48(56)67(63)46-29-13-17-33-54(46)73-58/h1-40H/i37D,38D,39D,40D. The predicted molar refractivity (Wildman–Crippen MR) is 311 cm³/mol. The summed E-state index contributed by atoms with van der Waals surface area (Å²) in [6.07, 6.45) is 0. The first-order valence-electron chi connectivity index (χ1n) is 27.7. The van der Waals surface area contributed by atoms with Gasteiger partial charge in [-0.3, -0.25) is 0 Å². The quantitative estimate of drug-likeness (QED) is 0.159. The van der Waals surface area contributed by atoms with E-state index in [2.05, 4.69) is 24.3 Å². The Labute approximate surface area is 446 Å². The van der Waals surface area contributed by atoms with Crippen molar-refractivity contribution in [2.24, 2.45) is 0 Å². The Morgan fingerprint density at radius 2 is 0.618 bits per heavy atom. The summed E-state index contributed by atoms with van der Waals surface area (Å²) in [5, 5.41) is 0. The van der Waals surface area contributed by atoms with Crippen molar-refractivity contribution in [1.82, 2.24) is 0 Å². The molecule has 7 nitrogen and oxygen atoms in total. The van der Waals surface area contributed by atoms with E-state index < -0.39 is 20.1 Å². The fourth-order valence-corrected chi connectivity index (χ4v) is 12.8. The fraction of sp³-hybridized carbons (Fsp3) is 0. The number of ether oxygens (including phenoxy) is 4. The molecule has 0 bridgehead atoms. The molecule has 0 fully saturated rings. The highest BCUT2D eigenvalue weighted by Gasteiger charge is 2.53. The Hall–Kier alpha value is -9.79. The third-order valence-corrected chi connectivity index (χ3v) is 15.8. The molecule has 6 aliphatic heterocycles. The zero-order valence-corrected chi connectivity index (χ0v) is 40.5. The van der Waals surface area contributed by atoms with Gasteiger partial charge in [0.05, 0.1) is 11.2 Å². The zero-order chi connectivity index (χ0) is 53.1. The Kier molecular flexibility index (Phi) is 7.91. The van der Waals surface area contributed by atoms with Gasteiger partial charge in [-0.05, 0) is 123 Å². The highest BCUT2D eigenvalue weighted by atomic mass is 16.5. The number of para-hydroxylation sites is 8. The Balaban J connectivity index is 1.10. The summed E-state index contributed by atoms with van der Waals surface area (Å²) in [7, 11) is 0.